The minimum Gasteiger partial charge on any atom is -0.325 e. The maximum atomic E-state index is 14.0. The van der Waals surface area contributed by atoms with E-state index in [2.05, 4.69) is 20.5 Å². The monoisotopic (exact) mass is 567 g/mol. The first kappa shape index (κ1) is 29.5. The number of hydrogen-bond acceptors (Lipinski definition) is 5. The lowest BCUT2D eigenvalue weighted by Crippen LogP contribution is -2.65. The Morgan fingerprint density at radius 1 is 1.00 bits per heavy atom. The summed E-state index contributed by atoms with van der Waals surface area (Å²) in [6.07, 6.45) is 4.20. The first-order valence-corrected chi connectivity index (χ1v) is 15.1. The van der Waals surface area contributed by atoms with Gasteiger partial charge in [-0.1, -0.05) is 70.2 Å². The summed E-state index contributed by atoms with van der Waals surface area (Å²) in [7, 11) is 2.01. The third kappa shape index (κ3) is 4.77. The number of nitrogens with one attached hydrogen (secondary N) is 2. The van der Waals surface area contributed by atoms with Crippen LogP contribution in [-0.4, -0.2) is 58.2 Å². The Hall–Kier alpha value is -4.04. The third-order valence-corrected chi connectivity index (χ3v) is 9.35. The average molecular weight is 568 g/mol. The van der Waals surface area contributed by atoms with E-state index < -0.39 is 11.0 Å². The zero-order chi connectivity index (χ0) is 30.1. The molecule has 6 rings (SSSR count). The van der Waals surface area contributed by atoms with Crippen molar-refractivity contribution in [3.8, 4) is 0 Å². The van der Waals surface area contributed by atoms with Crippen molar-refractivity contribution in [1.82, 2.24) is 14.8 Å². The lowest BCUT2D eigenvalue weighted by molar-refractivity contribution is -0.158. The van der Waals surface area contributed by atoms with Crippen LogP contribution in [-0.2, 0) is 32.6 Å². The highest BCUT2D eigenvalue weighted by Gasteiger charge is 2.51. The minimum absolute atomic E-state index is 0.00864. The molecule has 2 N–H and O–H groups in total. The van der Waals surface area contributed by atoms with Crippen molar-refractivity contribution in [3.63, 3.8) is 0 Å². The van der Waals surface area contributed by atoms with E-state index >= 15 is 0 Å². The van der Waals surface area contributed by atoms with Crippen LogP contribution in [0.4, 0.5) is 11.5 Å². The van der Waals surface area contributed by atoms with Crippen molar-refractivity contribution in [2.75, 3.05) is 30.8 Å². The predicted molar refractivity (Wildman–Crippen MR) is 165 cm³/mol. The van der Waals surface area contributed by atoms with Gasteiger partial charge in [0.15, 0.2) is 0 Å². The molecule has 42 heavy (non-hydrogen) atoms. The molecule has 8 heteroatoms. The van der Waals surface area contributed by atoms with Gasteiger partial charge in [0.1, 0.15) is 12.4 Å². The minimum atomic E-state index is -0.659. The number of fused-ring (bicyclic) bond motifs is 3. The number of likely N-dealkylation sites (N-methyl/N-ethyl adjacent to an activating group) is 1. The Kier molecular flexibility index (Phi) is 8.19. The highest BCUT2D eigenvalue weighted by atomic mass is 16.2. The predicted octanol–water partition coefficient (Wildman–Crippen LogP) is 5.11. The summed E-state index contributed by atoms with van der Waals surface area (Å²) in [5, 5.41) is 5.97. The molecule has 2 aliphatic heterocycles. The molecule has 1 aliphatic carbocycles. The summed E-state index contributed by atoms with van der Waals surface area (Å²) < 4.78 is 0. The highest BCUT2D eigenvalue weighted by molar-refractivity contribution is 6.06. The average Bonchev–Trinajstić information content (AvgIpc) is 3.53. The molecular formula is C34H41N5O3. The van der Waals surface area contributed by atoms with Crippen molar-refractivity contribution < 1.29 is 14.4 Å². The standard InChI is InChI=1S/C32H35N5O3.C2H6/c1-4-32(5-2)30(40)37(26(19-36(32)3)21-10-7-6-8-11-21)20-27(38)34-24-14-13-22-17-31(18-23(22)16-24)25-12-9-15-33-28(25)35-29(31)39;1-2/h6-16,26H,4-5,17-20H2,1-3H3,(H,34,38)(H,33,35,39);1-2H3. The molecular weight excluding hydrogens is 526 g/mol. The Labute approximate surface area is 248 Å². The van der Waals surface area contributed by atoms with Crippen LogP contribution in [0, 0.1) is 0 Å². The summed E-state index contributed by atoms with van der Waals surface area (Å²) in [6.45, 7) is 8.70. The molecule has 8 nitrogen and oxygen atoms in total. The van der Waals surface area contributed by atoms with Crippen LogP contribution in [0.5, 0.6) is 0 Å². The van der Waals surface area contributed by atoms with Gasteiger partial charge in [0.2, 0.25) is 17.7 Å². The van der Waals surface area contributed by atoms with Crippen molar-refractivity contribution in [3.05, 3.63) is 89.1 Å². The molecule has 1 aromatic heterocycles. The quantitative estimate of drug-likeness (QED) is 0.432. The zero-order valence-corrected chi connectivity index (χ0v) is 25.2. The number of carbonyl (C=O) groups excluding carboxylic acids is 3. The molecule has 2 atom stereocenters. The number of anilines is 2. The van der Waals surface area contributed by atoms with Crippen molar-refractivity contribution >= 4 is 29.2 Å². The highest BCUT2D eigenvalue weighted by Crippen LogP contribution is 2.47. The molecule has 0 bridgehead atoms. The molecule has 0 radical (unpaired) electrons. The third-order valence-electron chi connectivity index (χ3n) is 9.35. The van der Waals surface area contributed by atoms with Gasteiger partial charge in [-0.15, -0.1) is 0 Å². The zero-order valence-electron chi connectivity index (χ0n) is 25.2. The van der Waals surface area contributed by atoms with Gasteiger partial charge in [0, 0.05) is 24.0 Å². The van der Waals surface area contributed by atoms with Crippen LogP contribution in [0.15, 0.2) is 66.9 Å². The van der Waals surface area contributed by atoms with Crippen molar-refractivity contribution in [1.29, 1.82) is 0 Å². The molecule has 1 saturated heterocycles. The lowest BCUT2D eigenvalue weighted by atomic mass is 9.79. The first-order valence-electron chi connectivity index (χ1n) is 15.1. The van der Waals surface area contributed by atoms with Gasteiger partial charge >= 0.3 is 0 Å². The SMILES string of the molecule is CC.CCC1(CC)C(=O)N(CC(=O)Nc2ccc3c(c2)CC2(C3)C(=O)Nc3ncccc32)C(c2ccccc2)CN1C. The van der Waals surface area contributed by atoms with Gasteiger partial charge < -0.3 is 15.5 Å². The van der Waals surface area contributed by atoms with Crippen LogP contribution in [0.3, 0.4) is 0 Å². The number of amides is 3. The molecule has 3 aliphatic rings. The van der Waals surface area contributed by atoms with Gasteiger partial charge in [0.05, 0.1) is 17.0 Å². The maximum Gasteiger partial charge on any atom is 0.244 e. The van der Waals surface area contributed by atoms with E-state index in [0.29, 0.717) is 43.7 Å². The molecule has 3 heterocycles. The van der Waals surface area contributed by atoms with Gasteiger partial charge in [-0.3, -0.25) is 19.3 Å². The van der Waals surface area contributed by atoms with Crippen LogP contribution in [0.25, 0.3) is 0 Å². The van der Waals surface area contributed by atoms with E-state index in [-0.39, 0.29) is 30.3 Å². The second kappa shape index (κ2) is 11.7. The number of carbonyl (C=O) groups is 3. The van der Waals surface area contributed by atoms with E-state index in [4.69, 9.17) is 0 Å². The van der Waals surface area contributed by atoms with Gasteiger partial charge in [0.25, 0.3) is 0 Å². The molecule has 2 unspecified atom stereocenters. The molecule has 220 valence electrons. The van der Waals surface area contributed by atoms with Crippen LogP contribution < -0.4 is 10.6 Å². The molecule has 3 amide bonds. The van der Waals surface area contributed by atoms with E-state index in [1.165, 1.54) is 0 Å². The Morgan fingerprint density at radius 2 is 1.71 bits per heavy atom. The number of benzene rings is 2. The summed E-state index contributed by atoms with van der Waals surface area (Å²) in [6, 6.07) is 19.4. The van der Waals surface area contributed by atoms with E-state index in [0.717, 1.165) is 22.3 Å². The number of pyridine rings is 1. The summed E-state index contributed by atoms with van der Waals surface area (Å²) in [5.74, 6) is 0.360. The number of hydrogen-bond donors (Lipinski definition) is 2. The van der Waals surface area contributed by atoms with Gasteiger partial charge in [-0.25, -0.2) is 4.98 Å². The van der Waals surface area contributed by atoms with Crippen molar-refractivity contribution in [2.45, 2.75) is 70.4 Å². The second-order valence-corrected chi connectivity index (χ2v) is 11.3. The summed E-state index contributed by atoms with van der Waals surface area (Å²) in [4.78, 5) is 48.7. The maximum absolute atomic E-state index is 14.0. The molecule has 1 spiro atoms. The fraction of sp³-hybridized carbons (Fsp3) is 0.412. The normalized spacial score (nSPS) is 22.2. The molecule has 1 fully saturated rings. The number of piperazine rings is 1. The van der Waals surface area contributed by atoms with Crippen LogP contribution in [0.2, 0.25) is 0 Å². The summed E-state index contributed by atoms with van der Waals surface area (Å²) in [5.41, 5.74) is 3.47. The largest absolute Gasteiger partial charge is 0.325 e. The number of aromatic nitrogens is 1. The van der Waals surface area contributed by atoms with Gasteiger partial charge in [-0.05, 0) is 67.6 Å². The van der Waals surface area contributed by atoms with Crippen LogP contribution >= 0.6 is 0 Å². The smallest absolute Gasteiger partial charge is 0.244 e. The topological polar surface area (TPSA) is 94.6 Å². The fourth-order valence-electron chi connectivity index (χ4n) is 7.04. The second-order valence-electron chi connectivity index (χ2n) is 11.3. The number of rotatable bonds is 6. The molecule has 0 saturated carbocycles. The van der Waals surface area contributed by atoms with E-state index in [1.54, 1.807) is 11.1 Å². The van der Waals surface area contributed by atoms with E-state index in [1.807, 2.05) is 95.4 Å². The fourth-order valence-corrected chi connectivity index (χ4v) is 7.04. The van der Waals surface area contributed by atoms with Gasteiger partial charge in [-0.2, -0.15) is 0 Å². The Bertz CT molecular complexity index is 1490. The van der Waals surface area contributed by atoms with Crippen LogP contribution in [0.1, 0.15) is 68.8 Å². The summed E-state index contributed by atoms with van der Waals surface area (Å²) >= 11 is 0. The molecule has 2 aromatic carbocycles. The first-order chi connectivity index (χ1) is 20.3. The van der Waals surface area contributed by atoms with Crippen molar-refractivity contribution in [2.24, 2.45) is 0 Å². The number of nitrogens with zero attached hydrogens (tertiary/aromatic N) is 3. The Balaban J connectivity index is 0.00000173. The van der Waals surface area contributed by atoms with E-state index in [9.17, 15) is 14.4 Å². The lowest BCUT2D eigenvalue weighted by Gasteiger charge is -2.51. The Morgan fingerprint density at radius 3 is 2.43 bits per heavy atom. The molecule has 3 aromatic rings.